The first-order valence-corrected chi connectivity index (χ1v) is 7.07. The van der Waals surface area contributed by atoms with E-state index < -0.39 is 0 Å². The largest absolute Gasteiger partial charge is 0.394 e. The highest BCUT2D eigenvalue weighted by molar-refractivity contribution is 4.85. The number of aliphatic hydroxyl groups excluding tert-OH is 1. The highest BCUT2D eigenvalue weighted by atomic mass is 16.3. The van der Waals surface area contributed by atoms with Gasteiger partial charge in [0.1, 0.15) is 0 Å². The molecule has 0 aromatic carbocycles. The van der Waals surface area contributed by atoms with Crippen LogP contribution in [0.5, 0.6) is 0 Å². The summed E-state index contributed by atoms with van der Waals surface area (Å²) in [5, 5.41) is 12.7. The number of hydrogen-bond acceptors (Lipinski definition) is 4. The van der Waals surface area contributed by atoms with E-state index in [0.29, 0.717) is 6.04 Å². The summed E-state index contributed by atoms with van der Waals surface area (Å²) in [7, 11) is 6.15. The first-order chi connectivity index (χ1) is 8.38. The third kappa shape index (κ3) is 6.69. The standard InChI is InChI=1S/C14H33N3O/c1-7-17(10-8-9-16(5)6)13(2)11-14(3,12-18)15-4/h13,15,18H,7-12H2,1-6H3. The van der Waals surface area contributed by atoms with Crippen LogP contribution in [0.1, 0.15) is 33.6 Å². The number of likely N-dealkylation sites (N-methyl/N-ethyl adjacent to an activating group) is 1. The lowest BCUT2D eigenvalue weighted by Crippen LogP contribution is -2.49. The molecule has 0 aliphatic rings. The van der Waals surface area contributed by atoms with Gasteiger partial charge in [-0.1, -0.05) is 6.92 Å². The summed E-state index contributed by atoms with van der Waals surface area (Å²) < 4.78 is 0. The van der Waals surface area contributed by atoms with E-state index in [-0.39, 0.29) is 12.1 Å². The summed E-state index contributed by atoms with van der Waals surface area (Å²) in [6, 6.07) is 0.488. The van der Waals surface area contributed by atoms with Crippen molar-refractivity contribution in [1.29, 1.82) is 0 Å². The monoisotopic (exact) mass is 259 g/mol. The zero-order chi connectivity index (χ0) is 14.2. The Morgan fingerprint density at radius 2 is 1.89 bits per heavy atom. The maximum absolute atomic E-state index is 9.45. The first kappa shape index (κ1) is 17.8. The molecule has 2 atom stereocenters. The quantitative estimate of drug-likeness (QED) is 0.614. The van der Waals surface area contributed by atoms with Gasteiger partial charge in [0.2, 0.25) is 0 Å². The Balaban J connectivity index is 4.21. The molecule has 18 heavy (non-hydrogen) atoms. The molecule has 0 aromatic heterocycles. The summed E-state index contributed by atoms with van der Waals surface area (Å²) in [4.78, 5) is 4.72. The molecule has 0 saturated heterocycles. The molecule has 0 bridgehead atoms. The minimum absolute atomic E-state index is 0.172. The van der Waals surface area contributed by atoms with Gasteiger partial charge in [-0.2, -0.15) is 0 Å². The van der Waals surface area contributed by atoms with Crippen LogP contribution in [0, 0.1) is 0 Å². The van der Waals surface area contributed by atoms with Crippen molar-refractivity contribution in [3.63, 3.8) is 0 Å². The van der Waals surface area contributed by atoms with E-state index in [0.717, 1.165) is 26.1 Å². The van der Waals surface area contributed by atoms with Gasteiger partial charge in [0.05, 0.1) is 6.61 Å². The van der Waals surface area contributed by atoms with Crippen molar-refractivity contribution in [1.82, 2.24) is 15.1 Å². The van der Waals surface area contributed by atoms with Crippen LogP contribution < -0.4 is 5.32 Å². The number of aliphatic hydroxyl groups is 1. The summed E-state index contributed by atoms with van der Waals surface area (Å²) in [6.45, 7) is 10.1. The van der Waals surface area contributed by atoms with E-state index in [1.54, 1.807) is 0 Å². The van der Waals surface area contributed by atoms with Gasteiger partial charge in [-0.05, 0) is 67.5 Å². The lowest BCUT2D eigenvalue weighted by atomic mass is 9.94. The molecule has 4 heteroatoms. The van der Waals surface area contributed by atoms with Crippen molar-refractivity contribution >= 4 is 0 Å². The lowest BCUT2D eigenvalue weighted by molar-refractivity contribution is 0.120. The van der Waals surface area contributed by atoms with E-state index in [1.165, 1.54) is 6.42 Å². The molecular formula is C14H33N3O. The molecule has 0 amide bonds. The summed E-state index contributed by atoms with van der Waals surface area (Å²) in [5.74, 6) is 0. The number of nitrogens with one attached hydrogen (secondary N) is 1. The predicted molar refractivity (Wildman–Crippen MR) is 79.0 cm³/mol. The molecule has 0 rings (SSSR count). The van der Waals surface area contributed by atoms with Crippen LogP contribution in [0.3, 0.4) is 0 Å². The second kappa shape index (κ2) is 8.86. The number of rotatable bonds is 10. The van der Waals surface area contributed by atoms with Crippen LogP contribution >= 0.6 is 0 Å². The molecule has 2 N–H and O–H groups in total. The molecule has 0 aliphatic carbocycles. The van der Waals surface area contributed by atoms with E-state index in [4.69, 9.17) is 0 Å². The maximum atomic E-state index is 9.45. The van der Waals surface area contributed by atoms with Crippen molar-refractivity contribution in [2.45, 2.75) is 45.2 Å². The Morgan fingerprint density at radius 3 is 2.28 bits per heavy atom. The molecule has 0 spiro atoms. The fourth-order valence-electron chi connectivity index (χ4n) is 2.31. The van der Waals surface area contributed by atoms with Crippen molar-refractivity contribution in [3.05, 3.63) is 0 Å². The van der Waals surface area contributed by atoms with Gasteiger partial charge in [-0.25, -0.2) is 0 Å². The van der Waals surface area contributed by atoms with E-state index in [1.807, 2.05) is 7.05 Å². The molecular weight excluding hydrogens is 226 g/mol. The second-order valence-electron chi connectivity index (χ2n) is 5.81. The average molecular weight is 259 g/mol. The molecule has 110 valence electrons. The van der Waals surface area contributed by atoms with E-state index in [2.05, 4.69) is 50.0 Å². The van der Waals surface area contributed by atoms with Crippen LogP contribution in [0.2, 0.25) is 0 Å². The smallest absolute Gasteiger partial charge is 0.0611 e. The van der Waals surface area contributed by atoms with Crippen LogP contribution in [0.25, 0.3) is 0 Å². The fourth-order valence-corrected chi connectivity index (χ4v) is 2.31. The van der Waals surface area contributed by atoms with Crippen LogP contribution in [0.15, 0.2) is 0 Å². The minimum atomic E-state index is -0.172. The molecule has 0 radical (unpaired) electrons. The first-order valence-electron chi connectivity index (χ1n) is 7.07. The molecule has 0 aromatic rings. The van der Waals surface area contributed by atoms with Gasteiger partial charge < -0.3 is 20.2 Å². The Kier molecular flexibility index (Phi) is 8.78. The molecule has 0 fully saturated rings. The summed E-state index contributed by atoms with van der Waals surface area (Å²) in [6.07, 6.45) is 2.16. The Bertz CT molecular complexity index is 205. The average Bonchev–Trinajstić information content (AvgIpc) is 2.33. The Labute approximate surface area is 113 Å². The highest BCUT2D eigenvalue weighted by Gasteiger charge is 2.26. The second-order valence-corrected chi connectivity index (χ2v) is 5.81. The molecule has 0 saturated carbocycles. The van der Waals surface area contributed by atoms with Crippen molar-refractivity contribution < 1.29 is 5.11 Å². The van der Waals surface area contributed by atoms with Gasteiger partial charge in [-0.15, -0.1) is 0 Å². The lowest BCUT2D eigenvalue weighted by Gasteiger charge is -2.35. The number of nitrogens with zero attached hydrogens (tertiary/aromatic N) is 2. The Hall–Kier alpha value is -0.160. The third-order valence-electron chi connectivity index (χ3n) is 3.78. The highest BCUT2D eigenvalue weighted by Crippen LogP contribution is 2.15. The van der Waals surface area contributed by atoms with Gasteiger partial charge in [0.15, 0.2) is 0 Å². The van der Waals surface area contributed by atoms with Gasteiger partial charge in [0, 0.05) is 11.6 Å². The summed E-state index contributed by atoms with van der Waals surface area (Å²) >= 11 is 0. The third-order valence-corrected chi connectivity index (χ3v) is 3.78. The van der Waals surface area contributed by atoms with Crippen LogP contribution in [-0.2, 0) is 0 Å². The minimum Gasteiger partial charge on any atom is -0.394 e. The van der Waals surface area contributed by atoms with Crippen molar-refractivity contribution in [3.8, 4) is 0 Å². The number of hydrogen-bond donors (Lipinski definition) is 2. The van der Waals surface area contributed by atoms with Crippen molar-refractivity contribution in [2.24, 2.45) is 0 Å². The molecule has 2 unspecified atom stereocenters. The molecule has 0 aliphatic heterocycles. The van der Waals surface area contributed by atoms with Crippen LogP contribution in [0.4, 0.5) is 0 Å². The Morgan fingerprint density at radius 1 is 1.28 bits per heavy atom. The predicted octanol–water partition coefficient (Wildman–Crippen LogP) is 1.01. The normalized spacial score (nSPS) is 17.2. The fraction of sp³-hybridized carbons (Fsp3) is 1.00. The SMILES string of the molecule is CCN(CCCN(C)C)C(C)CC(C)(CO)NC. The zero-order valence-electron chi connectivity index (χ0n) is 13.2. The van der Waals surface area contributed by atoms with Gasteiger partial charge >= 0.3 is 0 Å². The zero-order valence-corrected chi connectivity index (χ0v) is 13.2. The molecule has 0 heterocycles. The van der Waals surface area contributed by atoms with Gasteiger partial charge in [-0.3, -0.25) is 0 Å². The van der Waals surface area contributed by atoms with E-state index in [9.17, 15) is 5.11 Å². The maximum Gasteiger partial charge on any atom is 0.0611 e. The van der Waals surface area contributed by atoms with Crippen LogP contribution in [-0.4, -0.2) is 73.9 Å². The van der Waals surface area contributed by atoms with Crippen molar-refractivity contribution in [2.75, 3.05) is 47.4 Å². The van der Waals surface area contributed by atoms with E-state index >= 15 is 0 Å². The molecule has 4 nitrogen and oxygen atoms in total. The summed E-state index contributed by atoms with van der Waals surface area (Å²) in [5.41, 5.74) is -0.172. The van der Waals surface area contributed by atoms with Gasteiger partial charge in [0.25, 0.3) is 0 Å². The topological polar surface area (TPSA) is 38.7 Å².